The zero-order valence-corrected chi connectivity index (χ0v) is 10.4. The SMILES string of the molecule is CCn1ncnc1COc1cc(C)c(N)cc1F. The van der Waals surface area contributed by atoms with Gasteiger partial charge in [0.15, 0.2) is 17.4 Å². The van der Waals surface area contributed by atoms with E-state index in [1.807, 2.05) is 6.92 Å². The van der Waals surface area contributed by atoms with E-state index in [2.05, 4.69) is 10.1 Å². The van der Waals surface area contributed by atoms with E-state index in [0.717, 1.165) is 5.56 Å². The molecule has 0 aliphatic heterocycles. The highest BCUT2D eigenvalue weighted by Crippen LogP contribution is 2.24. The minimum atomic E-state index is -0.472. The highest BCUT2D eigenvalue weighted by molar-refractivity contribution is 5.50. The number of hydrogen-bond donors (Lipinski definition) is 1. The Morgan fingerprint density at radius 3 is 2.94 bits per heavy atom. The van der Waals surface area contributed by atoms with Gasteiger partial charge >= 0.3 is 0 Å². The first-order valence-electron chi connectivity index (χ1n) is 5.67. The molecule has 96 valence electrons. The molecule has 0 aliphatic carbocycles. The molecular formula is C12H15FN4O. The monoisotopic (exact) mass is 250 g/mol. The van der Waals surface area contributed by atoms with Crippen molar-refractivity contribution in [3.8, 4) is 5.75 Å². The van der Waals surface area contributed by atoms with Crippen LogP contribution in [0, 0.1) is 12.7 Å². The Hall–Kier alpha value is -2.11. The third-order valence-electron chi connectivity index (χ3n) is 2.67. The summed E-state index contributed by atoms with van der Waals surface area (Å²) in [4.78, 5) is 4.05. The van der Waals surface area contributed by atoms with E-state index in [1.54, 1.807) is 17.7 Å². The largest absolute Gasteiger partial charge is 0.483 e. The number of nitrogens with two attached hydrogens (primary N) is 1. The molecule has 0 atom stereocenters. The lowest BCUT2D eigenvalue weighted by atomic mass is 10.2. The van der Waals surface area contributed by atoms with Gasteiger partial charge in [0.1, 0.15) is 12.9 Å². The van der Waals surface area contributed by atoms with Crippen LogP contribution in [0.15, 0.2) is 18.5 Å². The van der Waals surface area contributed by atoms with Gasteiger partial charge in [0.2, 0.25) is 0 Å². The summed E-state index contributed by atoms with van der Waals surface area (Å²) in [6, 6.07) is 2.84. The van der Waals surface area contributed by atoms with Crippen molar-refractivity contribution in [3.05, 3.63) is 35.7 Å². The maximum atomic E-state index is 13.6. The van der Waals surface area contributed by atoms with Gasteiger partial charge in [-0.15, -0.1) is 0 Å². The van der Waals surface area contributed by atoms with E-state index in [9.17, 15) is 4.39 Å². The van der Waals surface area contributed by atoms with Crippen molar-refractivity contribution in [1.82, 2.24) is 14.8 Å². The average molecular weight is 250 g/mol. The molecule has 6 heteroatoms. The first-order chi connectivity index (χ1) is 8.61. The lowest BCUT2D eigenvalue weighted by Crippen LogP contribution is -2.08. The van der Waals surface area contributed by atoms with Gasteiger partial charge in [-0.1, -0.05) is 0 Å². The van der Waals surface area contributed by atoms with Gasteiger partial charge in [-0.05, 0) is 25.5 Å². The zero-order chi connectivity index (χ0) is 13.1. The van der Waals surface area contributed by atoms with Gasteiger partial charge in [-0.25, -0.2) is 14.1 Å². The molecule has 5 nitrogen and oxygen atoms in total. The third kappa shape index (κ3) is 2.42. The van der Waals surface area contributed by atoms with E-state index < -0.39 is 5.82 Å². The van der Waals surface area contributed by atoms with Gasteiger partial charge in [0.25, 0.3) is 0 Å². The highest BCUT2D eigenvalue weighted by atomic mass is 19.1. The average Bonchev–Trinajstić information content (AvgIpc) is 2.79. The summed E-state index contributed by atoms with van der Waals surface area (Å²) in [6.07, 6.45) is 1.45. The second kappa shape index (κ2) is 5.03. The van der Waals surface area contributed by atoms with Gasteiger partial charge in [-0.2, -0.15) is 5.10 Å². The fourth-order valence-electron chi connectivity index (χ4n) is 1.59. The number of nitrogens with zero attached hydrogens (tertiary/aromatic N) is 3. The third-order valence-corrected chi connectivity index (χ3v) is 2.67. The Bertz CT molecular complexity index is 553. The van der Waals surface area contributed by atoms with Gasteiger partial charge < -0.3 is 10.5 Å². The van der Waals surface area contributed by atoms with E-state index >= 15 is 0 Å². The van der Waals surface area contributed by atoms with Crippen molar-refractivity contribution in [1.29, 1.82) is 0 Å². The molecule has 0 amide bonds. The highest BCUT2D eigenvalue weighted by Gasteiger charge is 2.09. The van der Waals surface area contributed by atoms with Crippen LogP contribution in [0.4, 0.5) is 10.1 Å². The van der Waals surface area contributed by atoms with Gasteiger partial charge in [0, 0.05) is 18.3 Å². The summed E-state index contributed by atoms with van der Waals surface area (Å²) in [5.74, 6) is 0.361. The number of hydrogen-bond acceptors (Lipinski definition) is 4. The van der Waals surface area contributed by atoms with Crippen molar-refractivity contribution in [2.24, 2.45) is 0 Å². The molecule has 0 bridgehead atoms. The predicted octanol–water partition coefficient (Wildman–Crippen LogP) is 1.91. The molecule has 2 aromatic rings. The maximum absolute atomic E-state index is 13.6. The molecule has 0 spiro atoms. The zero-order valence-electron chi connectivity index (χ0n) is 10.4. The smallest absolute Gasteiger partial charge is 0.167 e. The van der Waals surface area contributed by atoms with Crippen LogP contribution in [-0.2, 0) is 13.2 Å². The summed E-state index contributed by atoms with van der Waals surface area (Å²) in [5.41, 5.74) is 6.80. The van der Waals surface area contributed by atoms with Crippen LogP contribution in [0.1, 0.15) is 18.3 Å². The Balaban J connectivity index is 2.13. The molecule has 0 radical (unpaired) electrons. The molecule has 2 rings (SSSR count). The summed E-state index contributed by atoms with van der Waals surface area (Å²) in [7, 11) is 0. The fraction of sp³-hybridized carbons (Fsp3) is 0.333. The molecule has 0 unspecified atom stereocenters. The van der Waals surface area contributed by atoms with Crippen LogP contribution >= 0.6 is 0 Å². The second-order valence-electron chi connectivity index (χ2n) is 3.92. The van der Waals surface area contributed by atoms with Crippen LogP contribution in [0.5, 0.6) is 5.75 Å². The topological polar surface area (TPSA) is 66.0 Å². The molecule has 0 saturated heterocycles. The quantitative estimate of drug-likeness (QED) is 0.842. The molecule has 1 aromatic carbocycles. The Labute approximate surface area is 104 Å². The van der Waals surface area contributed by atoms with Crippen molar-refractivity contribution in [2.75, 3.05) is 5.73 Å². The van der Waals surface area contributed by atoms with Crippen molar-refractivity contribution in [2.45, 2.75) is 27.0 Å². The predicted molar refractivity (Wildman–Crippen MR) is 65.6 cm³/mol. The maximum Gasteiger partial charge on any atom is 0.167 e. The Morgan fingerprint density at radius 1 is 1.44 bits per heavy atom. The minimum absolute atomic E-state index is 0.173. The molecular weight excluding hydrogens is 235 g/mol. The number of ether oxygens (including phenoxy) is 1. The molecule has 0 aliphatic rings. The number of aryl methyl sites for hydroxylation is 2. The van der Waals surface area contributed by atoms with E-state index in [1.165, 1.54) is 12.4 Å². The normalized spacial score (nSPS) is 10.6. The molecule has 0 saturated carbocycles. The van der Waals surface area contributed by atoms with Gasteiger partial charge in [0.05, 0.1) is 0 Å². The van der Waals surface area contributed by atoms with Crippen molar-refractivity contribution >= 4 is 5.69 Å². The summed E-state index contributed by atoms with van der Waals surface area (Å²) in [6.45, 7) is 4.62. The number of rotatable bonds is 4. The number of anilines is 1. The first-order valence-corrected chi connectivity index (χ1v) is 5.67. The van der Waals surface area contributed by atoms with Gasteiger partial charge in [-0.3, -0.25) is 0 Å². The summed E-state index contributed by atoms with van der Waals surface area (Å²) >= 11 is 0. The van der Waals surface area contributed by atoms with Crippen molar-refractivity contribution < 1.29 is 9.13 Å². The van der Waals surface area contributed by atoms with E-state index in [0.29, 0.717) is 18.1 Å². The number of benzene rings is 1. The van der Waals surface area contributed by atoms with Crippen LogP contribution < -0.4 is 10.5 Å². The fourth-order valence-corrected chi connectivity index (χ4v) is 1.59. The van der Waals surface area contributed by atoms with Crippen molar-refractivity contribution in [3.63, 3.8) is 0 Å². The number of aromatic nitrogens is 3. The first kappa shape index (κ1) is 12.3. The van der Waals surface area contributed by atoms with Crippen LogP contribution in [0.3, 0.4) is 0 Å². The molecule has 0 fully saturated rings. The summed E-state index contributed by atoms with van der Waals surface area (Å²) in [5, 5.41) is 4.01. The number of halogens is 1. The standard InChI is InChI=1S/C12H15FN4O/c1-3-17-12(15-7-16-17)6-18-11-4-8(2)10(14)5-9(11)13/h4-5,7H,3,6,14H2,1-2H3. The minimum Gasteiger partial charge on any atom is -0.483 e. The molecule has 1 heterocycles. The lowest BCUT2D eigenvalue weighted by molar-refractivity contribution is 0.273. The van der Waals surface area contributed by atoms with E-state index in [-0.39, 0.29) is 12.4 Å². The lowest BCUT2D eigenvalue weighted by Gasteiger charge is -2.09. The molecule has 2 N–H and O–H groups in total. The summed E-state index contributed by atoms with van der Waals surface area (Å²) < 4.78 is 20.7. The van der Waals surface area contributed by atoms with Crippen LogP contribution in [-0.4, -0.2) is 14.8 Å². The molecule has 18 heavy (non-hydrogen) atoms. The molecule has 1 aromatic heterocycles. The Morgan fingerprint density at radius 2 is 2.22 bits per heavy atom. The number of nitrogen functional groups attached to an aromatic ring is 1. The Kier molecular flexibility index (Phi) is 3.45. The van der Waals surface area contributed by atoms with Crippen LogP contribution in [0.2, 0.25) is 0 Å². The van der Waals surface area contributed by atoms with Crippen LogP contribution in [0.25, 0.3) is 0 Å². The van der Waals surface area contributed by atoms with E-state index in [4.69, 9.17) is 10.5 Å². The second-order valence-corrected chi connectivity index (χ2v) is 3.92.